The molecule has 1 aliphatic heterocycles. The minimum atomic E-state index is -4.35. The fourth-order valence-electron chi connectivity index (χ4n) is 5.51. The Balaban J connectivity index is 0.000000173. The Hall–Kier alpha value is -4.81. The van der Waals surface area contributed by atoms with Gasteiger partial charge in [0.1, 0.15) is 11.4 Å². The summed E-state index contributed by atoms with van der Waals surface area (Å²) in [5, 5.41) is 26.8. The number of halogens is 7. The molecule has 0 spiro atoms. The Morgan fingerprint density at radius 3 is 1.58 bits per heavy atom. The van der Waals surface area contributed by atoms with E-state index in [0.717, 1.165) is 66.4 Å². The first-order valence-corrected chi connectivity index (χ1v) is 15.4. The fourth-order valence-corrected chi connectivity index (χ4v) is 5.71. The van der Waals surface area contributed by atoms with Crippen molar-refractivity contribution >= 4 is 39.0 Å². The largest absolute Gasteiger partial charge is 0.416 e. The van der Waals surface area contributed by atoms with Crippen LogP contribution in [0.2, 0.25) is 5.15 Å². The zero-order valence-electron chi connectivity index (χ0n) is 25.1. The van der Waals surface area contributed by atoms with Crippen molar-refractivity contribution in [3.8, 4) is 22.5 Å². The quantitative estimate of drug-likeness (QED) is 0.181. The minimum Gasteiger partial charge on any atom is -0.364 e. The van der Waals surface area contributed by atoms with Gasteiger partial charge in [0.15, 0.2) is 11.0 Å². The molecule has 13 heteroatoms. The number of piperidine rings is 1. The van der Waals surface area contributed by atoms with Gasteiger partial charge in [-0.25, -0.2) is 0 Å². The zero-order chi connectivity index (χ0) is 33.9. The number of nitrogens with zero attached hydrogens (tertiary/aromatic N) is 4. The topological polar surface area (TPSA) is 75.6 Å². The number of hydrogen-bond acceptors (Lipinski definition) is 6. The first kappa shape index (κ1) is 33.1. The van der Waals surface area contributed by atoms with Crippen molar-refractivity contribution < 1.29 is 26.3 Å². The normalized spacial score (nSPS) is 15.2. The van der Waals surface area contributed by atoms with Gasteiger partial charge in [-0.3, -0.25) is 0 Å². The number of fused-ring (bicyclic) bond motifs is 2. The Morgan fingerprint density at radius 2 is 1.08 bits per heavy atom. The van der Waals surface area contributed by atoms with E-state index >= 15 is 0 Å². The predicted molar refractivity (Wildman–Crippen MR) is 174 cm³/mol. The summed E-state index contributed by atoms with van der Waals surface area (Å²) >= 11 is 5.98. The van der Waals surface area contributed by atoms with Gasteiger partial charge in [0, 0.05) is 45.3 Å². The summed E-state index contributed by atoms with van der Waals surface area (Å²) in [6.07, 6.45) is -6.54. The number of aromatic nitrogens is 4. The molecule has 7 rings (SSSR count). The van der Waals surface area contributed by atoms with E-state index in [1.165, 1.54) is 24.3 Å². The first-order valence-electron chi connectivity index (χ1n) is 15.0. The molecule has 6 nitrogen and oxygen atoms in total. The van der Waals surface area contributed by atoms with Crippen LogP contribution in [0.25, 0.3) is 44.1 Å². The van der Waals surface area contributed by atoms with E-state index in [2.05, 4.69) is 31.0 Å². The van der Waals surface area contributed by atoms with Crippen molar-refractivity contribution in [3.63, 3.8) is 0 Å². The Labute approximate surface area is 276 Å². The monoisotopic (exact) mass is 680 g/mol. The van der Waals surface area contributed by atoms with Crippen molar-refractivity contribution in [3.05, 3.63) is 113 Å². The van der Waals surface area contributed by atoms with Gasteiger partial charge in [-0.1, -0.05) is 84.4 Å². The van der Waals surface area contributed by atoms with E-state index in [0.29, 0.717) is 33.7 Å². The van der Waals surface area contributed by atoms with Gasteiger partial charge < -0.3 is 10.6 Å². The third-order valence-electron chi connectivity index (χ3n) is 7.94. The summed E-state index contributed by atoms with van der Waals surface area (Å²) in [6, 6.07) is 25.1. The number of rotatable bonds is 4. The molecular weight excluding hydrogens is 654 g/mol. The number of alkyl halides is 6. The van der Waals surface area contributed by atoms with Gasteiger partial charge in [-0.05, 0) is 43.7 Å². The molecular formula is C35H27ClF6N6. The molecule has 0 radical (unpaired) electrons. The second kappa shape index (κ2) is 13.7. The summed E-state index contributed by atoms with van der Waals surface area (Å²) in [5.74, 6) is 0.704. The molecule has 2 N–H and O–H groups in total. The predicted octanol–water partition coefficient (Wildman–Crippen LogP) is 9.45. The summed E-state index contributed by atoms with van der Waals surface area (Å²) < 4.78 is 76.2. The standard InChI is InChI=1S/C20H19F3N4.C15H8ClF3N2/c21-20(22,23)14-9-7-13(8-10-14)18-16-5-1-2-6-17(16)19(27-26-18)25-15-4-3-11-24-12-15;16-14-12-4-2-1-3-11(12)13(20-21-14)9-5-7-10(8-6-9)15(17,18)19/h1-2,5-10,15,24H,3-4,11-12H2,(H,25,27);1-8H/t15-;/m0./s1. The van der Waals surface area contributed by atoms with Gasteiger partial charge in [0.25, 0.3) is 0 Å². The third-order valence-corrected chi connectivity index (χ3v) is 8.22. The van der Waals surface area contributed by atoms with Crippen LogP contribution in [0.5, 0.6) is 0 Å². The molecule has 0 saturated carbocycles. The fraction of sp³-hybridized carbons (Fsp3) is 0.200. The lowest BCUT2D eigenvalue weighted by molar-refractivity contribution is -0.138. The number of benzene rings is 4. The highest BCUT2D eigenvalue weighted by Gasteiger charge is 2.31. The summed E-state index contributed by atoms with van der Waals surface area (Å²) in [5.41, 5.74) is 0.875. The van der Waals surface area contributed by atoms with Crippen LogP contribution in [0.1, 0.15) is 24.0 Å². The van der Waals surface area contributed by atoms with Crippen molar-refractivity contribution in [2.45, 2.75) is 31.2 Å². The lowest BCUT2D eigenvalue weighted by atomic mass is 10.0. The lowest BCUT2D eigenvalue weighted by Crippen LogP contribution is -2.38. The Bertz CT molecular complexity index is 2030. The van der Waals surface area contributed by atoms with E-state index in [9.17, 15) is 26.3 Å². The number of nitrogens with one attached hydrogen (secondary N) is 2. The summed E-state index contributed by atoms with van der Waals surface area (Å²) in [4.78, 5) is 0. The van der Waals surface area contributed by atoms with Crippen molar-refractivity contribution in [1.82, 2.24) is 25.7 Å². The maximum atomic E-state index is 12.8. The van der Waals surface area contributed by atoms with E-state index in [1.54, 1.807) is 6.07 Å². The number of anilines is 1. The molecule has 2 aromatic heterocycles. The highest BCUT2D eigenvalue weighted by molar-refractivity contribution is 6.34. The second-order valence-electron chi connectivity index (χ2n) is 11.2. The molecule has 246 valence electrons. The van der Waals surface area contributed by atoms with Crippen molar-refractivity contribution in [2.24, 2.45) is 0 Å². The average Bonchev–Trinajstić information content (AvgIpc) is 3.09. The minimum absolute atomic E-state index is 0.265. The summed E-state index contributed by atoms with van der Waals surface area (Å²) in [6.45, 7) is 1.90. The highest BCUT2D eigenvalue weighted by Crippen LogP contribution is 2.35. The maximum absolute atomic E-state index is 12.8. The number of hydrogen-bond donors (Lipinski definition) is 2. The molecule has 48 heavy (non-hydrogen) atoms. The van der Waals surface area contributed by atoms with E-state index in [1.807, 2.05) is 42.5 Å². The van der Waals surface area contributed by atoms with Crippen LogP contribution in [0.15, 0.2) is 97.1 Å². The molecule has 1 saturated heterocycles. The molecule has 0 amide bonds. The highest BCUT2D eigenvalue weighted by atomic mass is 35.5. The molecule has 1 atom stereocenters. The molecule has 1 aliphatic rings. The van der Waals surface area contributed by atoms with E-state index < -0.39 is 23.5 Å². The van der Waals surface area contributed by atoms with Crippen LogP contribution >= 0.6 is 11.6 Å². The van der Waals surface area contributed by atoms with Crippen LogP contribution < -0.4 is 10.6 Å². The zero-order valence-corrected chi connectivity index (χ0v) is 25.8. The van der Waals surface area contributed by atoms with Crippen LogP contribution in [0.3, 0.4) is 0 Å². The summed E-state index contributed by atoms with van der Waals surface area (Å²) in [7, 11) is 0. The van der Waals surface area contributed by atoms with Crippen LogP contribution in [-0.4, -0.2) is 39.5 Å². The molecule has 1 fully saturated rings. The van der Waals surface area contributed by atoms with Gasteiger partial charge in [0.2, 0.25) is 0 Å². The van der Waals surface area contributed by atoms with Crippen molar-refractivity contribution in [1.29, 1.82) is 0 Å². The second-order valence-corrected chi connectivity index (χ2v) is 11.5. The van der Waals surface area contributed by atoms with Gasteiger partial charge >= 0.3 is 12.4 Å². The lowest BCUT2D eigenvalue weighted by Gasteiger charge is -2.24. The third kappa shape index (κ3) is 7.34. The van der Waals surface area contributed by atoms with Gasteiger partial charge in [-0.15, -0.1) is 20.4 Å². The SMILES string of the molecule is FC(F)(F)c1ccc(-c2nnc(Cl)c3ccccc23)cc1.FC(F)(F)c1ccc(-c2nnc(N[C@H]3CCCNC3)c3ccccc23)cc1. The molecule has 3 heterocycles. The van der Waals surface area contributed by atoms with Crippen LogP contribution in [0, 0.1) is 0 Å². The molecule has 0 unspecified atom stereocenters. The van der Waals surface area contributed by atoms with Crippen LogP contribution in [-0.2, 0) is 12.4 Å². The molecule has 4 aromatic carbocycles. The van der Waals surface area contributed by atoms with Crippen LogP contribution in [0.4, 0.5) is 32.2 Å². The van der Waals surface area contributed by atoms with E-state index in [-0.39, 0.29) is 11.2 Å². The maximum Gasteiger partial charge on any atom is 0.416 e. The molecule has 6 aromatic rings. The average molecular weight is 681 g/mol. The smallest absolute Gasteiger partial charge is 0.364 e. The molecule has 0 bridgehead atoms. The molecule has 0 aliphatic carbocycles. The Morgan fingerprint density at radius 1 is 0.604 bits per heavy atom. The van der Waals surface area contributed by atoms with E-state index in [4.69, 9.17) is 11.6 Å². The first-order chi connectivity index (χ1) is 23.0. The Kier molecular flexibility index (Phi) is 9.47. The van der Waals surface area contributed by atoms with Gasteiger partial charge in [0.05, 0.1) is 11.1 Å². The van der Waals surface area contributed by atoms with Crippen molar-refractivity contribution in [2.75, 3.05) is 18.4 Å². The van der Waals surface area contributed by atoms with Gasteiger partial charge in [-0.2, -0.15) is 26.3 Å².